The van der Waals surface area contributed by atoms with Crippen LogP contribution < -0.4 is 10.2 Å². The first-order valence-electron chi connectivity index (χ1n) is 8.87. The van der Waals surface area contributed by atoms with E-state index >= 15 is 0 Å². The molecule has 1 aliphatic heterocycles. The molecule has 1 aromatic heterocycles. The van der Waals surface area contributed by atoms with Crippen molar-refractivity contribution < 1.29 is 14.0 Å². The maximum absolute atomic E-state index is 13.1. The summed E-state index contributed by atoms with van der Waals surface area (Å²) in [6.07, 6.45) is 1.41. The predicted molar refractivity (Wildman–Crippen MR) is 124 cm³/mol. The minimum absolute atomic E-state index is 0.00339. The zero-order chi connectivity index (χ0) is 21.4. The number of halogens is 2. The van der Waals surface area contributed by atoms with Crippen molar-refractivity contribution in [3.8, 4) is 11.3 Å². The average Bonchev–Trinajstić information content (AvgIpc) is 3.16. The van der Waals surface area contributed by atoms with Crippen LogP contribution in [0, 0.1) is 6.92 Å². The maximum atomic E-state index is 13.1. The van der Waals surface area contributed by atoms with E-state index < -0.39 is 11.8 Å². The normalized spacial score (nSPS) is 15.6. The number of thiocarbonyl (C=S) groups is 1. The molecule has 150 valence electrons. The van der Waals surface area contributed by atoms with Crippen LogP contribution in [0.4, 0.5) is 5.69 Å². The van der Waals surface area contributed by atoms with Gasteiger partial charge in [-0.15, -0.1) is 0 Å². The summed E-state index contributed by atoms with van der Waals surface area (Å²) in [6, 6.07) is 16.2. The Morgan fingerprint density at radius 3 is 2.67 bits per heavy atom. The van der Waals surface area contributed by atoms with Crippen molar-refractivity contribution >= 4 is 68.4 Å². The number of furan rings is 1. The third-order valence-electron chi connectivity index (χ3n) is 4.54. The number of aryl methyl sites for hydroxylation is 1. The molecule has 0 aliphatic carbocycles. The lowest BCUT2D eigenvalue weighted by molar-refractivity contribution is -0.122. The minimum atomic E-state index is -0.583. The summed E-state index contributed by atoms with van der Waals surface area (Å²) in [7, 11) is 0. The molecular weight excluding hydrogens is 488 g/mol. The van der Waals surface area contributed by atoms with E-state index in [4.69, 9.17) is 28.2 Å². The van der Waals surface area contributed by atoms with Gasteiger partial charge in [-0.2, -0.15) is 0 Å². The van der Waals surface area contributed by atoms with Gasteiger partial charge in [0.1, 0.15) is 17.1 Å². The highest BCUT2D eigenvalue weighted by molar-refractivity contribution is 9.10. The zero-order valence-electron chi connectivity index (χ0n) is 15.6. The molecule has 0 spiro atoms. The van der Waals surface area contributed by atoms with Gasteiger partial charge in [-0.1, -0.05) is 45.7 Å². The zero-order valence-corrected chi connectivity index (χ0v) is 18.8. The molecule has 0 atom stereocenters. The van der Waals surface area contributed by atoms with E-state index in [0.29, 0.717) is 22.2 Å². The number of amides is 2. The molecule has 1 N–H and O–H groups in total. The number of hydrogen-bond donors (Lipinski definition) is 1. The SMILES string of the molecule is Cc1ccc(N2C(=O)/C(=C/c3ccc(-c4cccc(Br)c4)o3)C(=O)NC2=S)cc1Cl. The Morgan fingerprint density at radius 1 is 1.13 bits per heavy atom. The van der Waals surface area contributed by atoms with Crippen LogP contribution in [-0.2, 0) is 9.59 Å². The Labute approximate surface area is 191 Å². The number of nitrogens with zero attached hydrogens (tertiary/aromatic N) is 1. The number of carbonyl (C=O) groups is 2. The number of anilines is 1. The molecular formula is C22H14BrClN2O3S. The molecule has 0 saturated carbocycles. The van der Waals surface area contributed by atoms with Gasteiger partial charge in [0, 0.05) is 15.1 Å². The van der Waals surface area contributed by atoms with Crippen molar-refractivity contribution in [3.05, 3.63) is 81.0 Å². The third kappa shape index (κ3) is 3.96. The number of carbonyl (C=O) groups excluding carboxylic acids is 2. The van der Waals surface area contributed by atoms with Gasteiger partial charge in [-0.3, -0.25) is 19.8 Å². The summed E-state index contributed by atoms with van der Waals surface area (Å²) in [5.41, 5.74) is 2.12. The van der Waals surface area contributed by atoms with Gasteiger partial charge in [0.15, 0.2) is 5.11 Å². The molecule has 5 nitrogen and oxygen atoms in total. The summed E-state index contributed by atoms with van der Waals surface area (Å²) in [4.78, 5) is 26.8. The van der Waals surface area contributed by atoms with Crippen molar-refractivity contribution in [2.24, 2.45) is 0 Å². The second-order valence-corrected chi connectivity index (χ2v) is 8.31. The molecule has 0 unspecified atom stereocenters. The van der Waals surface area contributed by atoms with E-state index in [1.54, 1.807) is 30.3 Å². The highest BCUT2D eigenvalue weighted by Crippen LogP contribution is 2.29. The monoisotopic (exact) mass is 500 g/mol. The number of nitrogens with one attached hydrogen (secondary N) is 1. The van der Waals surface area contributed by atoms with Gasteiger partial charge in [-0.05, 0) is 67.2 Å². The Kier molecular flexibility index (Phi) is 5.60. The molecule has 3 aromatic rings. The number of hydrogen-bond acceptors (Lipinski definition) is 4. The highest BCUT2D eigenvalue weighted by atomic mass is 79.9. The standard InChI is InChI=1S/C22H14BrClN2O3S/c1-12-5-6-15(10-18(12)24)26-21(28)17(20(27)25-22(26)30)11-16-7-8-19(29-16)13-3-2-4-14(23)9-13/h2-11H,1H3,(H,25,27,30)/b17-11+. The van der Waals surface area contributed by atoms with E-state index in [1.807, 2.05) is 31.2 Å². The second-order valence-electron chi connectivity index (χ2n) is 6.60. The Bertz CT molecular complexity index is 1230. The quantitative estimate of drug-likeness (QED) is 0.292. The molecule has 1 fully saturated rings. The number of rotatable bonds is 3. The molecule has 2 heterocycles. The van der Waals surface area contributed by atoms with Gasteiger partial charge in [0.05, 0.1) is 5.69 Å². The van der Waals surface area contributed by atoms with Crippen molar-refractivity contribution in [1.29, 1.82) is 0 Å². The Balaban J connectivity index is 1.68. The van der Waals surface area contributed by atoms with E-state index in [-0.39, 0.29) is 10.7 Å². The molecule has 0 bridgehead atoms. The van der Waals surface area contributed by atoms with Gasteiger partial charge in [0.25, 0.3) is 11.8 Å². The van der Waals surface area contributed by atoms with Crippen LogP contribution in [0.15, 0.2) is 69.1 Å². The van der Waals surface area contributed by atoms with Gasteiger partial charge >= 0.3 is 0 Å². The molecule has 1 saturated heterocycles. The first-order chi connectivity index (χ1) is 14.3. The smallest absolute Gasteiger partial charge is 0.270 e. The molecule has 2 aromatic carbocycles. The van der Waals surface area contributed by atoms with Crippen LogP contribution >= 0.6 is 39.7 Å². The largest absolute Gasteiger partial charge is 0.457 e. The van der Waals surface area contributed by atoms with Crippen molar-refractivity contribution in [2.75, 3.05) is 4.90 Å². The fourth-order valence-electron chi connectivity index (χ4n) is 2.98. The fourth-order valence-corrected chi connectivity index (χ4v) is 3.84. The summed E-state index contributed by atoms with van der Waals surface area (Å²) in [5.74, 6) is -0.147. The van der Waals surface area contributed by atoms with E-state index in [0.717, 1.165) is 15.6 Å². The molecule has 4 rings (SSSR count). The second kappa shape index (κ2) is 8.18. The van der Waals surface area contributed by atoms with Crippen LogP contribution in [0.5, 0.6) is 0 Å². The van der Waals surface area contributed by atoms with Crippen molar-refractivity contribution in [2.45, 2.75) is 6.92 Å². The molecule has 2 amide bonds. The fraction of sp³-hybridized carbons (Fsp3) is 0.0455. The lowest BCUT2D eigenvalue weighted by Crippen LogP contribution is -2.54. The van der Waals surface area contributed by atoms with Gasteiger partial charge < -0.3 is 4.42 Å². The average molecular weight is 502 g/mol. The molecule has 30 heavy (non-hydrogen) atoms. The lowest BCUT2D eigenvalue weighted by atomic mass is 10.1. The van der Waals surface area contributed by atoms with Gasteiger partial charge in [0.2, 0.25) is 0 Å². The van der Waals surface area contributed by atoms with Crippen molar-refractivity contribution in [1.82, 2.24) is 5.32 Å². The highest BCUT2D eigenvalue weighted by Gasteiger charge is 2.35. The summed E-state index contributed by atoms with van der Waals surface area (Å²) >= 11 is 14.8. The van der Waals surface area contributed by atoms with E-state index in [9.17, 15) is 9.59 Å². The van der Waals surface area contributed by atoms with E-state index in [1.165, 1.54) is 11.0 Å². The summed E-state index contributed by atoms with van der Waals surface area (Å²) in [5, 5.41) is 3.04. The molecule has 8 heteroatoms. The number of benzene rings is 2. The Morgan fingerprint density at radius 2 is 1.93 bits per heavy atom. The molecule has 1 aliphatic rings. The van der Waals surface area contributed by atoms with Gasteiger partial charge in [-0.25, -0.2) is 0 Å². The summed E-state index contributed by atoms with van der Waals surface area (Å²) in [6.45, 7) is 1.86. The van der Waals surface area contributed by atoms with Crippen LogP contribution in [-0.4, -0.2) is 16.9 Å². The summed E-state index contributed by atoms with van der Waals surface area (Å²) < 4.78 is 6.74. The molecule has 0 radical (unpaired) electrons. The van der Waals surface area contributed by atoms with Crippen LogP contribution in [0.25, 0.3) is 17.4 Å². The Hall–Kier alpha value is -2.74. The maximum Gasteiger partial charge on any atom is 0.270 e. The topological polar surface area (TPSA) is 62.6 Å². The van der Waals surface area contributed by atoms with E-state index in [2.05, 4.69) is 21.2 Å². The third-order valence-corrected chi connectivity index (χ3v) is 5.72. The minimum Gasteiger partial charge on any atom is -0.457 e. The first-order valence-corrected chi connectivity index (χ1v) is 10.4. The van der Waals surface area contributed by atoms with Crippen LogP contribution in [0.1, 0.15) is 11.3 Å². The first kappa shape index (κ1) is 20.5. The lowest BCUT2D eigenvalue weighted by Gasteiger charge is -2.29. The van der Waals surface area contributed by atoms with Crippen LogP contribution in [0.3, 0.4) is 0 Å². The van der Waals surface area contributed by atoms with Crippen LogP contribution in [0.2, 0.25) is 5.02 Å². The van der Waals surface area contributed by atoms with Crippen molar-refractivity contribution in [3.63, 3.8) is 0 Å². The predicted octanol–water partition coefficient (Wildman–Crippen LogP) is 5.50.